The Kier molecular flexibility index (Phi) is 3.07. The average Bonchev–Trinajstić information content (AvgIpc) is 2.54. The molecule has 5 heteroatoms. The fourth-order valence-electron chi connectivity index (χ4n) is 2.09. The number of rotatable bonds is 3. The Bertz CT molecular complexity index is 614. The van der Waals surface area contributed by atoms with Gasteiger partial charge in [-0.3, -0.25) is 9.20 Å². The Morgan fingerprint density at radius 2 is 2.06 bits per heavy atom. The molecule has 5 nitrogen and oxygen atoms in total. The van der Waals surface area contributed by atoms with Gasteiger partial charge >= 0.3 is 5.97 Å². The Morgan fingerprint density at radius 1 is 1.39 bits per heavy atom. The van der Waals surface area contributed by atoms with Crippen LogP contribution in [-0.2, 0) is 11.2 Å². The summed E-state index contributed by atoms with van der Waals surface area (Å²) in [5, 5.41) is 8.94. The van der Waals surface area contributed by atoms with E-state index in [2.05, 4.69) is 23.8 Å². The molecule has 2 rings (SSSR count). The lowest BCUT2D eigenvalue weighted by Crippen LogP contribution is -2.08. The molecule has 0 amide bonds. The molecule has 1 N–H and O–H groups in total. The van der Waals surface area contributed by atoms with Gasteiger partial charge in [-0.05, 0) is 19.8 Å². The summed E-state index contributed by atoms with van der Waals surface area (Å²) in [7, 11) is 0. The summed E-state index contributed by atoms with van der Waals surface area (Å²) in [4.78, 5) is 19.8. The molecule has 2 aromatic heterocycles. The summed E-state index contributed by atoms with van der Waals surface area (Å²) < 4.78 is 1.83. The molecule has 2 aromatic rings. The zero-order valence-corrected chi connectivity index (χ0v) is 11.1. The second kappa shape index (κ2) is 4.40. The lowest BCUT2D eigenvalue weighted by molar-refractivity contribution is -0.136. The first kappa shape index (κ1) is 12.5. The zero-order chi connectivity index (χ0) is 13.4. The zero-order valence-electron chi connectivity index (χ0n) is 11.1. The first-order chi connectivity index (χ1) is 8.40. The highest BCUT2D eigenvalue weighted by Gasteiger charge is 2.15. The quantitative estimate of drug-likeness (QED) is 0.901. The summed E-state index contributed by atoms with van der Waals surface area (Å²) in [6, 6.07) is 1.93. The highest BCUT2D eigenvalue weighted by Crippen LogP contribution is 2.19. The van der Waals surface area contributed by atoms with Gasteiger partial charge in [0.25, 0.3) is 0 Å². The van der Waals surface area contributed by atoms with Crippen LogP contribution in [0.4, 0.5) is 0 Å². The van der Waals surface area contributed by atoms with E-state index in [9.17, 15) is 4.79 Å². The number of aliphatic carboxylic acids is 1. The maximum atomic E-state index is 10.9. The minimum Gasteiger partial charge on any atom is -0.481 e. The number of hydrogen-bond donors (Lipinski definition) is 1. The number of aromatic nitrogens is 3. The SMILES string of the molecule is Cc1nc2cc(C(C)C)nc(C)n2c1CC(=O)O. The van der Waals surface area contributed by atoms with E-state index in [1.54, 1.807) is 0 Å². The van der Waals surface area contributed by atoms with Crippen LogP contribution in [0.25, 0.3) is 5.65 Å². The van der Waals surface area contributed by atoms with Crippen LogP contribution >= 0.6 is 0 Å². The van der Waals surface area contributed by atoms with E-state index >= 15 is 0 Å². The van der Waals surface area contributed by atoms with Crippen LogP contribution < -0.4 is 0 Å². The number of nitrogens with zero attached hydrogens (tertiary/aromatic N) is 3. The van der Waals surface area contributed by atoms with Crippen LogP contribution in [0.15, 0.2) is 6.07 Å². The maximum Gasteiger partial charge on any atom is 0.309 e. The maximum absolute atomic E-state index is 10.9. The highest BCUT2D eigenvalue weighted by molar-refractivity contribution is 5.70. The van der Waals surface area contributed by atoms with Crippen LogP contribution in [-0.4, -0.2) is 25.4 Å². The van der Waals surface area contributed by atoms with Crippen LogP contribution in [0.2, 0.25) is 0 Å². The smallest absolute Gasteiger partial charge is 0.309 e. The molecule has 18 heavy (non-hydrogen) atoms. The molecule has 0 bridgehead atoms. The summed E-state index contributed by atoms with van der Waals surface area (Å²) in [5.41, 5.74) is 3.22. The molecule has 0 unspecified atom stereocenters. The third kappa shape index (κ3) is 2.08. The minimum atomic E-state index is -0.854. The fraction of sp³-hybridized carbons (Fsp3) is 0.462. The monoisotopic (exact) mass is 247 g/mol. The van der Waals surface area contributed by atoms with E-state index in [-0.39, 0.29) is 6.42 Å². The molecule has 0 aliphatic heterocycles. The molecule has 0 radical (unpaired) electrons. The van der Waals surface area contributed by atoms with E-state index in [1.807, 2.05) is 24.3 Å². The first-order valence-corrected chi connectivity index (χ1v) is 5.97. The van der Waals surface area contributed by atoms with Gasteiger partial charge in [0.2, 0.25) is 0 Å². The Hall–Kier alpha value is -1.91. The molecular formula is C13H17N3O2. The second-order valence-electron chi connectivity index (χ2n) is 4.79. The van der Waals surface area contributed by atoms with Crippen LogP contribution in [0.5, 0.6) is 0 Å². The number of fused-ring (bicyclic) bond motifs is 1. The molecule has 0 saturated carbocycles. The lowest BCUT2D eigenvalue weighted by atomic mass is 10.1. The van der Waals surface area contributed by atoms with Gasteiger partial charge in [-0.15, -0.1) is 0 Å². The van der Waals surface area contributed by atoms with Gasteiger partial charge in [-0.25, -0.2) is 9.97 Å². The van der Waals surface area contributed by atoms with Crippen molar-refractivity contribution in [2.45, 2.75) is 40.0 Å². The van der Waals surface area contributed by atoms with Crippen molar-refractivity contribution in [2.75, 3.05) is 0 Å². The highest BCUT2D eigenvalue weighted by atomic mass is 16.4. The Labute approximate surface area is 105 Å². The van der Waals surface area contributed by atoms with Crippen molar-refractivity contribution < 1.29 is 9.90 Å². The summed E-state index contributed by atoms with van der Waals surface area (Å²) in [6.45, 7) is 7.86. The predicted molar refractivity (Wildman–Crippen MR) is 67.9 cm³/mol. The third-order valence-corrected chi connectivity index (χ3v) is 3.00. The number of carbonyl (C=O) groups is 1. The largest absolute Gasteiger partial charge is 0.481 e. The predicted octanol–water partition coefficient (Wildman–Crippen LogP) is 2.10. The van der Waals surface area contributed by atoms with Gasteiger partial charge in [-0.1, -0.05) is 13.8 Å². The number of imidazole rings is 1. The first-order valence-electron chi connectivity index (χ1n) is 5.97. The Balaban J connectivity index is 2.68. The molecule has 0 aromatic carbocycles. The summed E-state index contributed by atoms with van der Waals surface area (Å²) in [5.74, 6) is 0.258. The molecule has 0 aliphatic rings. The fourth-order valence-corrected chi connectivity index (χ4v) is 2.09. The van der Waals surface area contributed by atoms with Gasteiger partial charge in [0, 0.05) is 11.8 Å². The van der Waals surface area contributed by atoms with Crippen LogP contribution in [0.3, 0.4) is 0 Å². The molecule has 0 aliphatic carbocycles. The number of carboxylic acid groups (broad SMARTS) is 1. The van der Waals surface area contributed by atoms with Crippen molar-refractivity contribution in [3.05, 3.63) is 29.0 Å². The molecule has 0 fully saturated rings. The molecule has 2 heterocycles. The van der Waals surface area contributed by atoms with Crippen LogP contribution in [0, 0.1) is 13.8 Å². The standard InChI is InChI=1S/C13H17N3O2/c1-7(2)10-5-12-14-8(3)11(6-13(17)18)16(12)9(4)15-10/h5,7H,6H2,1-4H3,(H,17,18). The number of hydrogen-bond acceptors (Lipinski definition) is 3. The van der Waals surface area contributed by atoms with Crippen molar-refractivity contribution in [1.29, 1.82) is 0 Å². The van der Waals surface area contributed by atoms with E-state index in [1.165, 1.54) is 0 Å². The van der Waals surface area contributed by atoms with Crippen molar-refractivity contribution in [3.8, 4) is 0 Å². The van der Waals surface area contributed by atoms with Crippen molar-refractivity contribution in [3.63, 3.8) is 0 Å². The average molecular weight is 247 g/mol. The van der Waals surface area contributed by atoms with Crippen LogP contribution in [0.1, 0.15) is 42.7 Å². The van der Waals surface area contributed by atoms with E-state index < -0.39 is 5.97 Å². The summed E-state index contributed by atoms with van der Waals surface area (Å²) in [6.07, 6.45) is -0.0312. The normalized spacial score (nSPS) is 11.4. The molecule has 96 valence electrons. The molecule has 0 saturated heterocycles. The topological polar surface area (TPSA) is 67.5 Å². The number of aryl methyl sites for hydroxylation is 2. The van der Waals surface area contributed by atoms with Gasteiger partial charge in [-0.2, -0.15) is 0 Å². The number of carboxylic acids is 1. The molecular weight excluding hydrogens is 230 g/mol. The lowest BCUT2D eigenvalue weighted by Gasteiger charge is -2.09. The van der Waals surface area contributed by atoms with Gasteiger partial charge in [0.15, 0.2) is 0 Å². The van der Waals surface area contributed by atoms with Crippen molar-refractivity contribution >= 4 is 11.6 Å². The van der Waals surface area contributed by atoms with Gasteiger partial charge in [0.05, 0.1) is 17.8 Å². The van der Waals surface area contributed by atoms with Gasteiger partial charge in [0.1, 0.15) is 11.5 Å². The third-order valence-electron chi connectivity index (χ3n) is 3.00. The van der Waals surface area contributed by atoms with Crippen molar-refractivity contribution in [2.24, 2.45) is 0 Å². The van der Waals surface area contributed by atoms with E-state index in [0.717, 1.165) is 22.9 Å². The Morgan fingerprint density at radius 3 is 2.61 bits per heavy atom. The van der Waals surface area contributed by atoms with Gasteiger partial charge < -0.3 is 5.11 Å². The van der Waals surface area contributed by atoms with E-state index in [4.69, 9.17) is 5.11 Å². The summed E-state index contributed by atoms with van der Waals surface area (Å²) >= 11 is 0. The van der Waals surface area contributed by atoms with Crippen molar-refractivity contribution in [1.82, 2.24) is 14.4 Å². The molecule has 0 spiro atoms. The molecule has 0 atom stereocenters. The minimum absolute atomic E-state index is 0.0312. The second-order valence-corrected chi connectivity index (χ2v) is 4.79. The van der Waals surface area contributed by atoms with E-state index in [0.29, 0.717) is 11.6 Å².